The Morgan fingerprint density at radius 2 is 1.88 bits per heavy atom. The largest absolute Gasteiger partial charge is 0.392 e. The van der Waals surface area contributed by atoms with Gasteiger partial charge in [-0.2, -0.15) is 0 Å². The quantitative estimate of drug-likeness (QED) is 0.593. The highest BCUT2D eigenvalue weighted by atomic mass is 16.3. The predicted octanol–water partition coefficient (Wildman–Crippen LogP) is 1.26. The molecule has 94 valence electrons. The van der Waals surface area contributed by atoms with Gasteiger partial charge in [-0.05, 0) is 12.5 Å². The first-order valence-electron chi connectivity index (χ1n) is 6.10. The molecule has 0 unspecified atom stereocenters. The second-order valence-corrected chi connectivity index (χ2v) is 4.07. The van der Waals surface area contributed by atoms with Crippen molar-refractivity contribution in [3.05, 3.63) is 42.0 Å². The number of benzene rings is 1. The second-order valence-electron chi connectivity index (χ2n) is 4.07. The average Bonchev–Trinajstić information content (AvgIpc) is 2.33. The topological polar surface area (TPSA) is 44.3 Å². The van der Waals surface area contributed by atoms with E-state index in [-0.39, 0.29) is 6.10 Å². The SMILES string of the molecule is C[C@@H](O)CNCCNC/C=C/c1ccccc1. The highest BCUT2D eigenvalue weighted by Crippen LogP contribution is 1.99. The van der Waals surface area contributed by atoms with E-state index in [1.165, 1.54) is 5.56 Å². The molecule has 3 N–H and O–H groups in total. The predicted molar refractivity (Wildman–Crippen MR) is 72.9 cm³/mol. The Labute approximate surface area is 104 Å². The maximum atomic E-state index is 9.03. The highest BCUT2D eigenvalue weighted by Gasteiger charge is 1.92. The molecule has 1 aromatic rings. The van der Waals surface area contributed by atoms with Crippen molar-refractivity contribution in [1.29, 1.82) is 0 Å². The Morgan fingerprint density at radius 1 is 1.18 bits per heavy atom. The number of hydrogen-bond donors (Lipinski definition) is 3. The van der Waals surface area contributed by atoms with E-state index in [9.17, 15) is 0 Å². The van der Waals surface area contributed by atoms with Crippen LogP contribution in [0.2, 0.25) is 0 Å². The zero-order valence-electron chi connectivity index (χ0n) is 10.4. The standard InChI is InChI=1S/C14H22N2O/c1-13(17)12-16-11-10-15-9-5-8-14-6-3-2-4-7-14/h2-8,13,15-17H,9-12H2,1H3/b8-5+/t13-/m1/s1. The molecule has 0 aliphatic heterocycles. The summed E-state index contributed by atoms with van der Waals surface area (Å²) >= 11 is 0. The van der Waals surface area contributed by atoms with Crippen LogP contribution in [0.3, 0.4) is 0 Å². The van der Waals surface area contributed by atoms with Gasteiger partial charge in [0.2, 0.25) is 0 Å². The lowest BCUT2D eigenvalue weighted by molar-refractivity contribution is 0.191. The van der Waals surface area contributed by atoms with Crippen LogP contribution < -0.4 is 10.6 Å². The highest BCUT2D eigenvalue weighted by molar-refractivity contribution is 5.48. The normalized spacial score (nSPS) is 13.1. The molecule has 1 aromatic carbocycles. The van der Waals surface area contributed by atoms with Gasteiger partial charge in [0.1, 0.15) is 0 Å². The zero-order valence-corrected chi connectivity index (χ0v) is 10.4. The molecule has 0 amide bonds. The first-order chi connectivity index (χ1) is 8.29. The Balaban J connectivity index is 1.99. The summed E-state index contributed by atoms with van der Waals surface area (Å²) in [6, 6.07) is 10.3. The third-order valence-corrected chi connectivity index (χ3v) is 2.29. The van der Waals surface area contributed by atoms with Gasteiger partial charge >= 0.3 is 0 Å². The molecule has 17 heavy (non-hydrogen) atoms. The third kappa shape index (κ3) is 7.69. The summed E-state index contributed by atoms with van der Waals surface area (Å²) in [4.78, 5) is 0. The number of hydrogen-bond acceptors (Lipinski definition) is 3. The van der Waals surface area contributed by atoms with Crippen molar-refractivity contribution in [2.45, 2.75) is 13.0 Å². The Morgan fingerprint density at radius 3 is 2.59 bits per heavy atom. The fraction of sp³-hybridized carbons (Fsp3) is 0.429. The lowest BCUT2D eigenvalue weighted by atomic mass is 10.2. The van der Waals surface area contributed by atoms with E-state index in [4.69, 9.17) is 5.11 Å². The molecule has 0 bridgehead atoms. The van der Waals surface area contributed by atoms with E-state index in [2.05, 4.69) is 34.9 Å². The molecule has 0 fully saturated rings. The zero-order chi connectivity index (χ0) is 12.3. The van der Waals surface area contributed by atoms with E-state index in [1.807, 2.05) is 18.2 Å². The summed E-state index contributed by atoms with van der Waals surface area (Å²) in [5, 5.41) is 15.5. The number of aliphatic hydroxyl groups is 1. The van der Waals surface area contributed by atoms with E-state index in [0.29, 0.717) is 6.54 Å². The maximum absolute atomic E-state index is 9.03. The monoisotopic (exact) mass is 234 g/mol. The molecule has 0 aliphatic carbocycles. The summed E-state index contributed by atoms with van der Waals surface area (Å²) in [6.07, 6.45) is 3.95. The molecule has 0 heterocycles. The van der Waals surface area contributed by atoms with Crippen molar-refractivity contribution in [3.8, 4) is 0 Å². The van der Waals surface area contributed by atoms with Crippen LogP contribution in [0.15, 0.2) is 36.4 Å². The summed E-state index contributed by atoms with van der Waals surface area (Å²) in [6.45, 7) is 5.09. The first-order valence-corrected chi connectivity index (χ1v) is 6.10. The van der Waals surface area contributed by atoms with Gasteiger partial charge in [0, 0.05) is 26.2 Å². The second kappa shape index (κ2) is 8.93. The van der Waals surface area contributed by atoms with Crippen molar-refractivity contribution in [2.75, 3.05) is 26.2 Å². The average molecular weight is 234 g/mol. The van der Waals surface area contributed by atoms with Gasteiger partial charge in [0.15, 0.2) is 0 Å². The van der Waals surface area contributed by atoms with Crippen LogP contribution in [0.1, 0.15) is 12.5 Å². The molecule has 0 spiro atoms. The van der Waals surface area contributed by atoms with Crippen molar-refractivity contribution >= 4 is 6.08 Å². The maximum Gasteiger partial charge on any atom is 0.0636 e. The van der Waals surface area contributed by atoms with Crippen LogP contribution in [-0.2, 0) is 0 Å². The van der Waals surface area contributed by atoms with Crippen LogP contribution in [-0.4, -0.2) is 37.4 Å². The molecular weight excluding hydrogens is 212 g/mol. The van der Waals surface area contributed by atoms with E-state index in [1.54, 1.807) is 6.92 Å². The molecule has 0 saturated heterocycles. The Kier molecular flexibility index (Phi) is 7.30. The molecule has 0 radical (unpaired) electrons. The lowest BCUT2D eigenvalue weighted by Crippen LogP contribution is -2.31. The Hall–Kier alpha value is -1.16. The molecule has 0 aromatic heterocycles. The van der Waals surface area contributed by atoms with Crippen molar-refractivity contribution in [2.24, 2.45) is 0 Å². The van der Waals surface area contributed by atoms with Gasteiger partial charge in [-0.1, -0.05) is 42.5 Å². The van der Waals surface area contributed by atoms with Gasteiger partial charge in [-0.15, -0.1) is 0 Å². The summed E-state index contributed by atoms with van der Waals surface area (Å²) < 4.78 is 0. The molecule has 3 nitrogen and oxygen atoms in total. The van der Waals surface area contributed by atoms with Gasteiger partial charge in [0.25, 0.3) is 0 Å². The van der Waals surface area contributed by atoms with Gasteiger partial charge in [-0.25, -0.2) is 0 Å². The molecular formula is C14H22N2O. The van der Waals surface area contributed by atoms with Gasteiger partial charge in [-0.3, -0.25) is 0 Å². The van der Waals surface area contributed by atoms with Gasteiger partial charge < -0.3 is 15.7 Å². The molecule has 3 heteroatoms. The minimum absolute atomic E-state index is 0.270. The third-order valence-electron chi connectivity index (χ3n) is 2.29. The van der Waals surface area contributed by atoms with Crippen molar-refractivity contribution < 1.29 is 5.11 Å². The number of nitrogens with one attached hydrogen (secondary N) is 2. The number of aliphatic hydroxyl groups excluding tert-OH is 1. The summed E-state index contributed by atoms with van der Waals surface area (Å²) in [5.41, 5.74) is 1.22. The van der Waals surface area contributed by atoms with Crippen LogP contribution in [0.4, 0.5) is 0 Å². The van der Waals surface area contributed by atoms with E-state index in [0.717, 1.165) is 19.6 Å². The van der Waals surface area contributed by atoms with Crippen molar-refractivity contribution in [3.63, 3.8) is 0 Å². The summed E-state index contributed by atoms with van der Waals surface area (Å²) in [7, 11) is 0. The smallest absolute Gasteiger partial charge is 0.0636 e. The van der Waals surface area contributed by atoms with Crippen molar-refractivity contribution in [1.82, 2.24) is 10.6 Å². The Bertz CT molecular complexity index is 309. The minimum Gasteiger partial charge on any atom is -0.392 e. The van der Waals surface area contributed by atoms with Crippen LogP contribution in [0.25, 0.3) is 6.08 Å². The van der Waals surface area contributed by atoms with Crippen LogP contribution >= 0.6 is 0 Å². The molecule has 1 atom stereocenters. The number of rotatable bonds is 8. The first kappa shape index (κ1) is 13.9. The minimum atomic E-state index is -0.270. The lowest BCUT2D eigenvalue weighted by Gasteiger charge is -2.06. The fourth-order valence-electron chi connectivity index (χ4n) is 1.43. The van der Waals surface area contributed by atoms with Crippen LogP contribution in [0.5, 0.6) is 0 Å². The summed E-state index contributed by atoms with van der Waals surface area (Å²) in [5.74, 6) is 0. The van der Waals surface area contributed by atoms with E-state index >= 15 is 0 Å². The van der Waals surface area contributed by atoms with E-state index < -0.39 is 0 Å². The fourth-order valence-corrected chi connectivity index (χ4v) is 1.43. The molecule has 0 aliphatic rings. The molecule has 1 rings (SSSR count). The van der Waals surface area contributed by atoms with Gasteiger partial charge in [0.05, 0.1) is 6.10 Å². The van der Waals surface area contributed by atoms with Crippen LogP contribution in [0, 0.1) is 0 Å². The molecule has 0 saturated carbocycles.